The van der Waals surface area contributed by atoms with E-state index in [1.165, 1.54) is 0 Å². The Morgan fingerprint density at radius 2 is 2.00 bits per heavy atom. The molecule has 0 spiro atoms. The standard InChI is InChI=1S/C15H16ClN3O/c16-14-9-18-7-3-15(14)19-8-4-12(10-19)11-20-13-1-5-17-6-2-13/h1-3,5-7,9,12H,4,8,10-11H2. The van der Waals surface area contributed by atoms with Crippen molar-refractivity contribution in [2.24, 2.45) is 5.92 Å². The van der Waals surface area contributed by atoms with Gasteiger partial charge in [0.2, 0.25) is 0 Å². The Labute approximate surface area is 123 Å². The second kappa shape index (κ2) is 6.09. The normalized spacial score (nSPS) is 18.2. The third-order valence-electron chi connectivity index (χ3n) is 3.51. The highest BCUT2D eigenvalue weighted by Crippen LogP contribution is 2.29. The topological polar surface area (TPSA) is 38.2 Å². The first-order valence-corrected chi connectivity index (χ1v) is 7.08. The molecule has 4 nitrogen and oxygen atoms in total. The number of hydrogen-bond donors (Lipinski definition) is 0. The minimum atomic E-state index is 0.521. The van der Waals surface area contributed by atoms with Gasteiger partial charge in [0, 0.05) is 43.8 Å². The zero-order valence-electron chi connectivity index (χ0n) is 11.1. The van der Waals surface area contributed by atoms with Gasteiger partial charge >= 0.3 is 0 Å². The second-order valence-electron chi connectivity index (χ2n) is 4.92. The second-order valence-corrected chi connectivity index (χ2v) is 5.33. The highest BCUT2D eigenvalue weighted by molar-refractivity contribution is 6.33. The molecule has 0 aliphatic carbocycles. The molecule has 0 N–H and O–H groups in total. The predicted molar refractivity (Wildman–Crippen MR) is 79.3 cm³/mol. The molecule has 1 atom stereocenters. The van der Waals surface area contributed by atoms with E-state index in [-0.39, 0.29) is 0 Å². The molecule has 0 aromatic carbocycles. The van der Waals surface area contributed by atoms with Gasteiger partial charge in [-0.3, -0.25) is 9.97 Å². The Morgan fingerprint density at radius 3 is 2.80 bits per heavy atom. The van der Waals surface area contributed by atoms with Gasteiger partial charge in [0.25, 0.3) is 0 Å². The Balaban J connectivity index is 1.56. The molecule has 0 radical (unpaired) electrons. The molecule has 3 rings (SSSR count). The van der Waals surface area contributed by atoms with Gasteiger partial charge < -0.3 is 9.64 Å². The van der Waals surface area contributed by atoms with Crippen LogP contribution >= 0.6 is 11.6 Å². The molecule has 1 saturated heterocycles. The number of hydrogen-bond acceptors (Lipinski definition) is 4. The van der Waals surface area contributed by atoms with Crippen LogP contribution in [0.5, 0.6) is 5.75 Å². The van der Waals surface area contributed by atoms with E-state index in [4.69, 9.17) is 16.3 Å². The maximum atomic E-state index is 6.18. The fraction of sp³-hybridized carbons (Fsp3) is 0.333. The van der Waals surface area contributed by atoms with Crippen molar-refractivity contribution < 1.29 is 4.74 Å². The van der Waals surface area contributed by atoms with Crippen molar-refractivity contribution in [1.29, 1.82) is 0 Å². The molecule has 2 aromatic rings. The molecular formula is C15H16ClN3O. The number of pyridine rings is 2. The Morgan fingerprint density at radius 1 is 1.20 bits per heavy atom. The average molecular weight is 290 g/mol. The molecule has 104 valence electrons. The van der Waals surface area contributed by atoms with E-state index >= 15 is 0 Å². The summed E-state index contributed by atoms with van der Waals surface area (Å²) >= 11 is 6.18. The van der Waals surface area contributed by atoms with Gasteiger partial charge in [-0.2, -0.15) is 0 Å². The van der Waals surface area contributed by atoms with Crippen LogP contribution in [0.25, 0.3) is 0 Å². The van der Waals surface area contributed by atoms with E-state index in [1.807, 2.05) is 18.2 Å². The number of ether oxygens (including phenoxy) is 1. The molecule has 1 aliphatic heterocycles. The molecule has 3 heterocycles. The first-order chi connectivity index (χ1) is 9.83. The minimum Gasteiger partial charge on any atom is -0.493 e. The highest BCUT2D eigenvalue weighted by atomic mass is 35.5. The number of nitrogens with zero attached hydrogens (tertiary/aromatic N) is 3. The molecule has 0 amide bonds. The van der Waals surface area contributed by atoms with Crippen LogP contribution in [0.3, 0.4) is 0 Å². The summed E-state index contributed by atoms with van der Waals surface area (Å²) < 4.78 is 5.79. The van der Waals surface area contributed by atoms with Gasteiger partial charge in [0.1, 0.15) is 5.75 Å². The largest absolute Gasteiger partial charge is 0.493 e. The number of rotatable bonds is 4. The summed E-state index contributed by atoms with van der Waals surface area (Å²) in [5, 5.41) is 0.711. The lowest BCUT2D eigenvalue weighted by atomic mass is 10.1. The summed E-state index contributed by atoms with van der Waals surface area (Å²) in [7, 11) is 0. The van der Waals surface area contributed by atoms with Gasteiger partial charge in [0.15, 0.2) is 0 Å². The summed E-state index contributed by atoms with van der Waals surface area (Å²) in [6, 6.07) is 5.73. The van der Waals surface area contributed by atoms with Crippen molar-refractivity contribution in [3.63, 3.8) is 0 Å². The predicted octanol–water partition coefficient (Wildman–Crippen LogP) is 3.04. The summed E-state index contributed by atoms with van der Waals surface area (Å²) in [4.78, 5) is 10.3. The number of anilines is 1. The maximum Gasteiger partial charge on any atom is 0.122 e. The fourth-order valence-corrected chi connectivity index (χ4v) is 2.70. The molecule has 1 fully saturated rings. The first kappa shape index (κ1) is 13.2. The van der Waals surface area contributed by atoms with E-state index in [9.17, 15) is 0 Å². The maximum absolute atomic E-state index is 6.18. The summed E-state index contributed by atoms with van der Waals surface area (Å²) in [6.45, 7) is 2.70. The smallest absolute Gasteiger partial charge is 0.122 e. The Kier molecular flexibility index (Phi) is 4.02. The highest BCUT2D eigenvalue weighted by Gasteiger charge is 2.24. The Bertz CT molecular complexity index is 564. The van der Waals surface area contributed by atoms with Crippen molar-refractivity contribution in [2.75, 3.05) is 24.6 Å². The fourth-order valence-electron chi connectivity index (χ4n) is 2.46. The van der Waals surface area contributed by atoms with Crippen molar-refractivity contribution >= 4 is 17.3 Å². The van der Waals surface area contributed by atoms with Gasteiger partial charge in [-0.05, 0) is 24.6 Å². The van der Waals surface area contributed by atoms with Crippen LogP contribution in [0, 0.1) is 5.92 Å². The number of halogens is 1. The van der Waals surface area contributed by atoms with E-state index in [1.54, 1.807) is 24.8 Å². The monoisotopic (exact) mass is 289 g/mol. The van der Waals surface area contributed by atoms with E-state index in [0.29, 0.717) is 10.9 Å². The van der Waals surface area contributed by atoms with Crippen molar-refractivity contribution in [2.45, 2.75) is 6.42 Å². The summed E-state index contributed by atoms with van der Waals surface area (Å²) in [5.41, 5.74) is 1.06. The van der Waals surface area contributed by atoms with Crippen LogP contribution in [0.1, 0.15) is 6.42 Å². The molecule has 0 saturated carbocycles. The third kappa shape index (κ3) is 3.02. The van der Waals surface area contributed by atoms with Gasteiger partial charge in [-0.1, -0.05) is 11.6 Å². The zero-order chi connectivity index (χ0) is 13.8. The van der Waals surface area contributed by atoms with Gasteiger partial charge in [-0.25, -0.2) is 0 Å². The van der Waals surface area contributed by atoms with E-state index in [2.05, 4.69) is 14.9 Å². The van der Waals surface area contributed by atoms with Crippen LogP contribution in [-0.2, 0) is 0 Å². The molecule has 2 aromatic heterocycles. The SMILES string of the molecule is Clc1cnccc1N1CCC(COc2ccncc2)C1. The quantitative estimate of drug-likeness (QED) is 0.867. The lowest BCUT2D eigenvalue weighted by Gasteiger charge is -2.19. The molecule has 0 bridgehead atoms. The van der Waals surface area contributed by atoms with Crippen LogP contribution in [-0.4, -0.2) is 29.7 Å². The molecule has 5 heteroatoms. The molecular weight excluding hydrogens is 274 g/mol. The van der Waals surface area contributed by atoms with Crippen molar-refractivity contribution in [1.82, 2.24) is 9.97 Å². The molecule has 20 heavy (non-hydrogen) atoms. The molecule has 1 aliphatic rings. The summed E-state index contributed by atoms with van der Waals surface area (Å²) in [5.74, 6) is 1.40. The molecule has 1 unspecified atom stereocenters. The van der Waals surface area contributed by atoms with Crippen LogP contribution in [0.2, 0.25) is 5.02 Å². The minimum absolute atomic E-state index is 0.521. The summed E-state index contributed by atoms with van der Waals surface area (Å²) in [6.07, 6.45) is 8.07. The van der Waals surface area contributed by atoms with Crippen LogP contribution in [0.15, 0.2) is 43.0 Å². The Hall–Kier alpha value is -1.81. The first-order valence-electron chi connectivity index (χ1n) is 6.70. The van der Waals surface area contributed by atoms with Crippen molar-refractivity contribution in [3.05, 3.63) is 48.0 Å². The van der Waals surface area contributed by atoms with E-state index in [0.717, 1.165) is 37.6 Å². The van der Waals surface area contributed by atoms with Crippen molar-refractivity contribution in [3.8, 4) is 5.75 Å². The van der Waals surface area contributed by atoms with Crippen LogP contribution < -0.4 is 9.64 Å². The zero-order valence-corrected chi connectivity index (χ0v) is 11.8. The van der Waals surface area contributed by atoms with Gasteiger partial charge in [-0.15, -0.1) is 0 Å². The average Bonchev–Trinajstić information content (AvgIpc) is 2.95. The lowest BCUT2D eigenvalue weighted by molar-refractivity contribution is 0.261. The van der Waals surface area contributed by atoms with E-state index < -0.39 is 0 Å². The van der Waals surface area contributed by atoms with Crippen LogP contribution in [0.4, 0.5) is 5.69 Å². The number of aromatic nitrogens is 2. The lowest BCUT2D eigenvalue weighted by Crippen LogP contribution is -2.22. The third-order valence-corrected chi connectivity index (χ3v) is 3.80. The van der Waals surface area contributed by atoms with Gasteiger partial charge in [0.05, 0.1) is 17.3 Å².